The number of likely N-dealkylation sites (N-methyl/N-ethyl adjacent to an activating group) is 1. The summed E-state index contributed by atoms with van der Waals surface area (Å²) in [7, 11) is 5.43. The quantitative estimate of drug-likeness (QED) is 0.554. The van der Waals surface area contributed by atoms with E-state index in [1.54, 1.807) is 23.9 Å². The largest absolute Gasteiger partial charge is 0.393 e. The van der Waals surface area contributed by atoms with E-state index in [0.717, 1.165) is 19.3 Å². The lowest BCUT2D eigenvalue weighted by Crippen LogP contribution is -2.59. The number of carbonyl (C=O) groups is 1. The second-order valence-corrected chi connectivity index (χ2v) is 15.7. The van der Waals surface area contributed by atoms with Gasteiger partial charge in [-0.25, -0.2) is 4.79 Å². The molecule has 5 aliphatic carbocycles. The van der Waals surface area contributed by atoms with E-state index in [2.05, 4.69) is 34.6 Å². The van der Waals surface area contributed by atoms with E-state index < -0.39 is 6.10 Å². The van der Waals surface area contributed by atoms with Crippen LogP contribution in [0.1, 0.15) is 86.0 Å². The van der Waals surface area contributed by atoms with Gasteiger partial charge in [0, 0.05) is 33.1 Å². The summed E-state index contributed by atoms with van der Waals surface area (Å²) < 4.78 is 6.80. The van der Waals surface area contributed by atoms with Crippen LogP contribution in [-0.2, 0) is 4.74 Å². The number of ether oxygens (including phenoxy) is 1. The SMILES string of the molecule is C[C@@H]1CC(CN(C)C(=O)N(C)C)OC2[C@H]1C1(C)CCC34CC35CCC(O)C(C)(C)C5CCC4[C@]1(C)[C@H]2O. The second-order valence-electron chi connectivity index (χ2n) is 15.7. The molecule has 210 valence electrons. The molecule has 1 aliphatic heterocycles. The van der Waals surface area contributed by atoms with E-state index in [9.17, 15) is 15.0 Å². The lowest BCUT2D eigenvalue weighted by molar-refractivity contribution is -0.182. The Hall–Kier alpha value is -0.850. The van der Waals surface area contributed by atoms with Crippen LogP contribution in [0.2, 0.25) is 0 Å². The van der Waals surface area contributed by atoms with Gasteiger partial charge in [-0.1, -0.05) is 34.6 Å². The van der Waals surface area contributed by atoms with Crippen molar-refractivity contribution in [3.05, 3.63) is 0 Å². The standard InChI is InChI=1S/C31H52N2O4/c1-18-15-19(16-33(8)26(36)32(6)7)37-24-23(18)28(4)13-14-31-17-30(31)12-11-22(34)27(2,3)20(30)9-10-21(31)29(28,5)25(24)35/h18-25,34-35H,9-17H2,1-8H3/t18-,19?,20?,21?,22?,23+,24?,25+,28?,29-,30?,31?/m1/s1. The molecule has 2 N–H and O–H groups in total. The lowest BCUT2D eigenvalue weighted by atomic mass is 9.41. The van der Waals surface area contributed by atoms with Gasteiger partial charge in [0.15, 0.2) is 0 Å². The number of rotatable bonds is 2. The zero-order valence-corrected chi connectivity index (χ0v) is 24.6. The third kappa shape index (κ3) is 3.02. The van der Waals surface area contributed by atoms with Crippen molar-refractivity contribution >= 4 is 6.03 Å². The number of fused-ring (bicyclic) bond motifs is 4. The van der Waals surface area contributed by atoms with Gasteiger partial charge < -0.3 is 24.7 Å². The fraction of sp³-hybridized carbons (Fsp3) is 0.968. The highest BCUT2D eigenvalue weighted by Crippen LogP contribution is 2.89. The summed E-state index contributed by atoms with van der Waals surface area (Å²) in [5.74, 6) is 1.93. The van der Waals surface area contributed by atoms with Crippen LogP contribution in [0.15, 0.2) is 0 Å². The third-order valence-electron chi connectivity index (χ3n) is 14.0. The van der Waals surface area contributed by atoms with Crippen LogP contribution in [0.3, 0.4) is 0 Å². The topological polar surface area (TPSA) is 73.2 Å². The van der Waals surface area contributed by atoms with Gasteiger partial charge in [0.25, 0.3) is 0 Å². The molecule has 1 heterocycles. The van der Waals surface area contributed by atoms with Gasteiger partial charge in [-0.15, -0.1) is 0 Å². The molecule has 6 nitrogen and oxygen atoms in total. The van der Waals surface area contributed by atoms with Gasteiger partial charge in [-0.05, 0) is 96.7 Å². The third-order valence-corrected chi connectivity index (χ3v) is 14.0. The molecule has 6 rings (SSSR count). The molecular formula is C31H52N2O4. The summed E-state index contributed by atoms with van der Waals surface area (Å²) in [6.45, 7) is 12.5. The maximum absolute atomic E-state index is 12.5. The molecule has 0 aromatic rings. The first-order valence-electron chi connectivity index (χ1n) is 15.1. The van der Waals surface area contributed by atoms with Crippen LogP contribution in [0.25, 0.3) is 0 Å². The van der Waals surface area contributed by atoms with E-state index in [1.807, 2.05) is 7.05 Å². The predicted molar refractivity (Wildman–Crippen MR) is 144 cm³/mol. The summed E-state index contributed by atoms with van der Waals surface area (Å²) in [5, 5.41) is 23.2. The van der Waals surface area contributed by atoms with E-state index in [0.29, 0.717) is 41.0 Å². The molecule has 6 heteroatoms. The summed E-state index contributed by atoms with van der Waals surface area (Å²) in [6.07, 6.45) is 8.29. The van der Waals surface area contributed by atoms with Gasteiger partial charge >= 0.3 is 6.03 Å². The molecule has 12 atom stereocenters. The van der Waals surface area contributed by atoms with E-state index >= 15 is 0 Å². The second kappa shape index (κ2) is 7.87. The van der Waals surface area contributed by atoms with Crippen LogP contribution in [0.5, 0.6) is 0 Å². The number of aliphatic hydroxyl groups excluding tert-OH is 2. The molecule has 0 aromatic heterocycles. The van der Waals surface area contributed by atoms with Gasteiger partial charge in [0.05, 0.1) is 24.4 Å². The highest BCUT2D eigenvalue weighted by molar-refractivity contribution is 5.73. The fourth-order valence-electron chi connectivity index (χ4n) is 12.2. The molecule has 8 unspecified atom stereocenters. The number of aliphatic hydroxyl groups is 2. The van der Waals surface area contributed by atoms with Gasteiger partial charge in [0.1, 0.15) is 0 Å². The maximum atomic E-state index is 12.5. The first-order valence-corrected chi connectivity index (χ1v) is 15.1. The molecule has 6 fully saturated rings. The van der Waals surface area contributed by atoms with E-state index in [4.69, 9.17) is 4.74 Å². The zero-order valence-electron chi connectivity index (χ0n) is 24.6. The molecule has 6 aliphatic rings. The minimum Gasteiger partial charge on any atom is -0.393 e. The van der Waals surface area contributed by atoms with Crippen molar-refractivity contribution in [1.29, 1.82) is 0 Å². The first kappa shape index (κ1) is 26.4. The summed E-state index contributed by atoms with van der Waals surface area (Å²) >= 11 is 0. The summed E-state index contributed by atoms with van der Waals surface area (Å²) in [6, 6.07) is -0.00352. The van der Waals surface area contributed by atoms with Crippen LogP contribution in [0, 0.1) is 50.7 Å². The number of nitrogens with zero attached hydrogens (tertiary/aromatic N) is 2. The Morgan fingerprint density at radius 3 is 2.27 bits per heavy atom. The first-order chi connectivity index (χ1) is 17.2. The van der Waals surface area contributed by atoms with Crippen molar-refractivity contribution in [1.82, 2.24) is 9.80 Å². The average molecular weight is 517 g/mol. The number of carbonyl (C=O) groups excluding carboxylic acids is 1. The normalized spacial score (nSPS) is 55.2. The molecule has 0 bridgehead atoms. The van der Waals surface area contributed by atoms with Gasteiger partial charge in [-0.2, -0.15) is 0 Å². The van der Waals surface area contributed by atoms with E-state index in [-0.39, 0.29) is 40.6 Å². The Kier molecular flexibility index (Phi) is 5.61. The highest BCUT2D eigenvalue weighted by atomic mass is 16.5. The number of hydrogen-bond donors (Lipinski definition) is 2. The number of urea groups is 1. The van der Waals surface area contributed by atoms with Crippen LogP contribution >= 0.6 is 0 Å². The molecule has 0 aromatic carbocycles. The molecule has 1 saturated heterocycles. The number of hydrogen-bond acceptors (Lipinski definition) is 4. The monoisotopic (exact) mass is 516 g/mol. The van der Waals surface area contributed by atoms with Crippen molar-refractivity contribution < 1.29 is 19.7 Å². The van der Waals surface area contributed by atoms with Crippen molar-refractivity contribution in [2.75, 3.05) is 27.7 Å². The minimum atomic E-state index is -0.471. The molecule has 37 heavy (non-hydrogen) atoms. The number of amides is 2. The zero-order chi connectivity index (χ0) is 26.9. The average Bonchev–Trinajstić information content (AvgIpc) is 3.46. The minimum absolute atomic E-state index is 0.00352. The van der Waals surface area contributed by atoms with Gasteiger partial charge in [-0.3, -0.25) is 0 Å². The maximum Gasteiger partial charge on any atom is 0.319 e. The van der Waals surface area contributed by atoms with Crippen LogP contribution < -0.4 is 0 Å². The Labute approximate surface area is 224 Å². The summed E-state index contributed by atoms with van der Waals surface area (Å²) in [4.78, 5) is 15.9. The molecule has 5 saturated carbocycles. The predicted octanol–water partition coefficient (Wildman–Crippen LogP) is 4.77. The molecule has 2 spiro atoms. The highest BCUT2D eigenvalue weighted by Gasteiger charge is 2.84. The van der Waals surface area contributed by atoms with E-state index in [1.165, 1.54) is 32.1 Å². The fourth-order valence-corrected chi connectivity index (χ4v) is 12.2. The lowest BCUT2D eigenvalue weighted by Gasteiger charge is -2.63. The van der Waals surface area contributed by atoms with Crippen LogP contribution in [0.4, 0.5) is 4.79 Å². The van der Waals surface area contributed by atoms with Gasteiger partial charge in [0.2, 0.25) is 0 Å². The molecular weight excluding hydrogens is 464 g/mol. The Balaban J connectivity index is 1.30. The Morgan fingerprint density at radius 1 is 0.946 bits per heavy atom. The Morgan fingerprint density at radius 2 is 1.59 bits per heavy atom. The molecule has 2 amide bonds. The Bertz CT molecular complexity index is 969. The smallest absolute Gasteiger partial charge is 0.319 e. The summed E-state index contributed by atoms with van der Waals surface area (Å²) in [5.41, 5.74) is 0.572. The van der Waals surface area contributed by atoms with Crippen LogP contribution in [-0.4, -0.2) is 78.1 Å². The van der Waals surface area contributed by atoms with Crippen molar-refractivity contribution in [3.63, 3.8) is 0 Å². The van der Waals surface area contributed by atoms with Crippen molar-refractivity contribution in [2.24, 2.45) is 50.7 Å². The molecule has 0 radical (unpaired) electrons. The van der Waals surface area contributed by atoms with Crippen molar-refractivity contribution in [2.45, 2.75) is 110 Å². The van der Waals surface area contributed by atoms with Crippen molar-refractivity contribution in [3.8, 4) is 0 Å².